The Morgan fingerprint density at radius 2 is 1.94 bits per heavy atom. The Bertz CT molecular complexity index is 1210. The van der Waals surface area contributed by atoms with Crippen LogP contribution in [0.15, 0.2) is 30.6 Å². The molecule has 0 saturated heterocycles. The molecule has 2 N–H and O–H groups in total. The van der Waals surface area contributed by atoms with Crippen molar-refractivity contribution < 1.29 is 22.7 Å². The fourth-order valence-corrected chi connectivity index (χ4v) is 4.21. The van der Waals surface area contributed by atoms with Crippen molar-refractivity contribution in [2.24, 2.45) is 5.92 Å². The van der Waals surface area contributed by atoms with Gasteiger partial charge in [-0.15, -0.1) is 0 Å². The monoisotopic (exact) mass is 443 g/mol. The molecule has 1 fully saturated rings. The molecule has 1 saturated carbocycles. The molecule has 1 aliphatic heterocycles. The fraction of sp³-hybridized carbons (Fsp3) is 0.364. The number of carbonyl (C=O) groups excluding carboxylic acids is 1. The Hall–Kier alpha value is -3.27. The number of hydrogen-bond acceptors (Lipinski definition) is 6. The summed E-state index contributed by atoms with van der Waals surface area (Å²) in [4.78, 5) is 27.5. The normalized spacial score (nSPS) is 16.8. The van der Waals surface area contributed by atoms with Crippen LogP contribution in [0.5, 0.6) is 0 Å². The molecule has 4 heterocycles. The molecule has 2 aliphatic rings. The zero-order valence-electron chi connectivity index (χ0n) is 17.2. The van der Waals surface area contributed by atoms with Crippen LogP contribution in [-0.2, 0) is 24.1 Å². The van der Waals surface area contributed by atoms with E-state index in [-0.39, 0.29) is 17.5 Å². The van der Waals surface area contributed by atoms with Gasteiger partial charge in [0.2, 0.25) is 0 Å². The summed E-state index contributed by atoms with van der Waals surface area (Å²) in [6.07, 6.45) is -0.377. The quantitative estimate of drug-likeness (QED) is 0.658. The zero-order chi connectivity index (χ0) is 22.6. The van der Waals surface area contributed by atoms with E-state index in [9.17, 15) is 18.0 Å². The fourth-order valence-electron chi connectivity index (χ4n) is 4.21. The number of rotatable bonds is 4. The van der Waals surface area contributed by atoms with Crippen molar-refractivity contribution in [3.05, 3.63) is 58.7 Å². The van der Waals surface area contributed by atoms with Gasteiger partial charge in [0.1, 0.15) is 11.5 Å². The predicted molar refractivity (Wildman–Crippen MR) is 109 cm³/mol. The average Bonchev–Trinajstić information content (AvgIpc) is 3.46. The minimum Gasteiger partial charge on any atom is -0.383 e. The van der Waals surface area contributed by atoms with Crippen LogP contribution in [0.1, 0.15) is 51.8 Å². The second-order valence-electron chi connectivity index (χ2n) is 8.20. The highest BCUT2D eigenvalue weighted by atomic mass is 19.4. The Morgan fingerprint density at radius 3 is 2.59 bits per heavy atom. The van der Waals surface area contributed by atoms with Crippen molar-refractivity contribution in [2.45, 2.75) is 38.3 Å². The molecule has 0 radical (unpaired) electrons. The third-order valence-electron chi connectivity index (χ3n) is 6.06. The first kappa shape index (κ1) is 20.6. The van der Waals surface area contributed by atoms with Gasteiger partial charge in [0.15, 0.2) is 0 Å². The van der Waals surface area contributed by atoms with Crippen molar-refractivity contribution in [1.82, 2.24) is 19.9 Å². The molecular weight excluding hydrogens is 423 g/mol. The average molecular weight is 443 g/mol. The minimum absolute atomic E-state index is 0.146. The molecule has 0 spiro atoms. The summed E-state index contributed by atoms with van der Waals surface area (Å²) in [7, 11) is 1.63. The van der Waals surface area contributed by atoms with E-state index in [0.717, 1.165) is 41.6 Å². The lowest BCUT2D eigenvalue weighted by atomic mass is 10.0. The van der Waals surface area contributed by atoms with Gasteiger partial charge in [0, 0.05) is 24.2 Å². The molecule has 0 bridgehead atoms. The number of nitrogen functional groups attached to an aromatic ring is 1. The maximum absolute atomic E-state index is 13.3. The van der Waals surface area contributed by atoms with Crippen molar-refractivity contribution in [2.75, 3.05) is 12.8 Å². The van der Waals surface area contributed by atoms with E-state index in [1.165, 1.54) is 17.2 Å². The van der Waals surface area contributed by atoms with Crippen LogP contribution in [0.4, 0.5) is 19.0 Å². The zero-order valence-corrected chi connectivity index (χ0v) is 17.2. The van der Waals surface area contributed by atoms with E-state index in [1.807, 2.05) is 0 Å². The Morgan fingerprint density at radius 1 is 1.19 bits per heavy atom. The van der Waals surface area contributed by atoms with Crippen LogP contribution in [-0.4, -0.2) is 32.8 Å². The third-order valence-corrected chi connectivity index (χ3v) is 6.06. The SMILES string of the molecule is CN(C(=O)c1cc2c3c(c(N)nc2cn1)COC3)[C@@H](c1ccc(C(F)(F)F)cn1)C1CC1. The van der Waals surface area contributed by atoms with Crippen molar-refractivity contribution >= 4 is 22.6 Å². The van der Waals surface area contributed by atoms with Crippen molar-refractivity contribution in [3.63, 3.8) is 0 Å². The highest BCUT2D eigenvalue weighted by Crippen LogP contribution is 2.44. The van der Waals surface area contributed by atoms with Gasteiger partial charge in [-0.1, -0.05) is 0 Å². The number of nitrogens with two attached hydrogens (primary N) is 1. The first-order valence-electron chi connectivity index (χ1n) is 10.2. The summed E-state index contributed by atoms with van der Waals surface area (Å²) in [6.45, 7) is 0.755. The van der Waals surface area contributed by atoms with E-state index < -0.39 is 17.8 Å². The molecule has 0 aromatic carbocycles. The standard InChI is InChI=1S/C22H20F3N5O2/c1-30(19(11-2-3-11)16-5-4-12(7-27-16)22(23,24)25)21(31)17-6-13-14-9-32-10-15(14)20(26)29-18(13)8-28-17/h4-8,11,19H,2-3,9-10H2,1H3,(H2,26,29)/t19-/m1/s1. The van der Waals surface area contributed by atoms with Gasteiger partial charge in [-0.2, -0.15) is 13.2 Å². The molecule has 10 heteroatoms. The number of carbonyl (C=O) groups is 1. The summed E-state index contributed by atoms with van der Waals surface area (Å²) in [6, 6.07) is 3.60. The number of ether oxygens (including phenoxy) is 1. The van der Waals surface area contributed by atoms with Gasteiger partial charge < -0.3 is 15.4 Å². The molecule has 3 aromatic rings. The molecule has 3 aromatic heterocycles. The van der Waals surface area contributed by atoms with E-state index in [2.05, 4.69) is 15.0 Å². The summed E-state index contributed by atoms with van der Waals surface area (Å²) in [5.41, 5.74) is 8.13. The molecule has 32 heavy (non-hydrogen) atoms. The van der Waals surface area contributed by atoms with Crippen LogP contribution in [0.2, 0.25) is 0 Å². The number of alkyl halides is 3. The molecule has 166 valence electrons. The molecule has 7 nitrogen and oxygen atoms in total. The van der Waals surface area contributed by atoms with Gasteiger partial charge in [0.05, 0.1) is 42.2 Å². The highest BCUT2D eigenvalue weighted by Gasteiger charge is 2.39. The lowest BCUT2D eigenvalue weighted by Gasteiger charge is -2.28. The number of nitrogens with zero attached hydrogens (tertiary/aromatic N) is 4. The summed E-state index contributed by atoms with van der Waals surface area (Å²) in [5, 5.41) is 0.758. The highest BCUT2D eigenvalue weighted by molar-refractivity contribution is 5.97. The van der Waals surface area contributed by atoms with Crippen LogP contribution in [0.3, 0.4) is 0 Å². The number of halogens is 3. The number of amides is 1. The Kier molecular flexibility index (Phi) is 4.77. The van der Waals surface area contributed by atoms with E-state index in [4.69, 9.17) is 10.5 Å². The molecule has 1 amide bonds. The van der Waals surface area contributed by atoms with Gasteiger partial charge in [-0.25, -0.2) is 9.97 Å². The summed E-state index contributed by atoms with van der Waals surface area (Å²) < 4.78 is 44.2. The number of aromatic nitrogens is 3. The van der Waals surface area contributed by atoms with Gasteiger partial charge in [-0.05, 0) is 42.5 Å². The van der Waals surface area contributed by atoms with Crippen LogP contribution >= 0.6 is 0 Å². The summed E-state index contributed by atoms with van der Waals surface area (Å²) in [5.74, 6) is 0.202. The first-order valence-corrected chi connectivity index (χ1v) is 10.2. The maximum atomic E-state index is 13.3. The van der Waals surface area contributed by atoms with Crippen molar-refractivity contribution in [1.29, 1.82) is 0 Å². The molecule has 0 unspecified atom stereocenters. The summed E-state index contributed by atoms with van der Waals surface area (Å²) >= 11 is 0. The number of fused-ring (bicyclic) bond motifs is 3. The van der Waals surface area contributed by atoms with Crippen LogP contribution in [0, 0.1) is 5.92 Å². The smallest absolute Gasteiger partial charge is 0.383 e. The van der Waals surface area contributed by atoms with Crippen LogP contribution in [0.25, 0.3) is 10.9 Å². The molecule has 1 aliphatic carbocycles. The lowest BCUT2D eigenvalue weighted by Crippen LogP contribution is -2.33. The molecular formula is C22H20F3N5O2. The predicted octanol–water partition coefficient (Wildman–Crippen LogP) is 3.88. The Balaban J connectivity index is 1.47. The largest absolute Gasteiger partial charge is 0.417 e. The van der Waals surface area contributed by atoms with Crippen molar-refractivity contribution in [3.8, 4) is 0 Å². The van der Waals surface area contributed by atoms with Gasteiger partial charge >= 0.3 is 6.18 Å². The van der Waals surface area contributed by atoms with Gasteiger partial charge in [0.25, 0.3) is 5.91 Å². The minimum atomic E-state index is -4.46. The first-order chi connectivity index (χ1) is 15.2. The Labute approximate surface area is 181 Å². The van der Waals surface area contributed by atoms with Crippen LogP contribution < -0.4 is 5.73 Å². The lowest BCUT2D eigenvalue weighted by molar-refractivity contribution is -0.137. The third kappa shape index (κ3) is 3.54. The second-order valence-corrected chi connectivity index (χ2v) is 8.20. The topological polar surface area (TPSA) is 94.2 Å². The molecule has 1 atom stereocenters. The molecule has 5 rings (SSSR count). The van der Waals surface area contributed by atoms with E-state index in [1.54, 1.807) is 13.1 Å². The van der Waals surface area contributed by atoms with Gasteiger partial charge in [-0.3, -0.25) is 9.78 Å². The number of anilines is 1. The second kappa shape index (κ2) is 7.40. The maximum Gasteiger partial charge on any atom is 0.417 e. The van der Waals surface area contributed by atoms with E-state index in [0.29, 0.717) is 30.2 Å². The number of pyridine rings is 3. The van der Waals surface area contributed by atoms with E-state index >= 15 is 0 Å². The number of hydrogen-bond donors (Lipinski definition) is 1.